The van der Waals surface area contributed by atoms with Crippen LogP contribution in [0.1, 0.15) is 24.8 Å². The molecule has 0 aromatic heterocycles. The van der Waals surface area contributed by atoms with Crippen LogP contribution in [0.15, 0.2) is 18.2 Å². The number of aliphatic carboxylic acids is 1. The third-order valence-corrected chi connectivity index (χ3v) is 3.62. The molecule has 1 aromatic rings. The predicted molar refractivity (Wildman–Crippen MR) is 66.7 cm³/mol. The Kier molecular flexibility index (Phi) is 4.32. The highest BCUT2D eigenvalue weighted by Gasteiger charge is 2.37. The minimum atomic E-state index is -0.971. The second kappa shape index (κ2) is 5.98. The molecule has 0 bridgehead atoms. The van der Waals surface area contributed by atoms with Gasteiger partial charge in [0.15, 0.2) is 11.6 Å². The molecular formula is C14H15F2NO3. The van der Waals surface area contributed by atoms with Gasteiger partial charge in [0.05, 0.1) is 11.8 Å². The summed E-state index contributed by atoms with van der Waals surface area (Å²) in [7, 11) is 0. The maximum absolute atomic E-state index is 13.0. The van der Waals surface area contributed by atoms with Crippen molar-refractivity contribution in [3.63, 3.8) is 0 Å². The molecule has 1 aliphatic carbocycles. The molecule has 1 amide bonds. The first-order chi connectivity index (χ1) is 9.49. The Hall–Kier alpha value is -1.98. The minimum absolute atomic E-state index is 0.0544. The first-order valence-electron chi connectivity index (χ1n) is 6.43. The fourth-order valence-corrected chi connectivity index (χ4v) is 2.54. The van der Waals surface area contributed by atoms with Crippen LogP contribution in [0.25, 0.3) is 0 Å². The van der Waals surface area contributed by atoms with Crippen LogP contribution in [0.4, 0.5) is 8.78 Å². The summed E-state index contributed by atoms with van der Waals surface area (Å²) in [6, 6.07) is 3.38. The number of halogens is 2. The molecule has 1 aromatic carbocycles. The highest BCUT2D eigenvalue weighted by Crippen LogP contribution is 2.32. The minimum Gasteiger partial charge on any atom is -0.481 e. The number of rotatable bonds is 4. The van der Waals surface area contributed by atoms with Gasteiger partial charge in [0.2, 0.25) is 5.91 Å². The Morgan fingerprint density at radius 1 is 1.20 bits per heavy atom. The van der Waals surface area contributed by atoms with Gasteiger partial charge < -0.3 is 10.4 Å². The zero-order chi connectivity index (χ0) is 14.7. The topological polar surface area (TPSA) is 66.4 Å². The first-order valence-corrected chi connectivity index (χ1v) is 6.43. The van der Waals surface area contributed by atoms with Crippen LogP contribution in [0.5, 0.6) is 0 Å². The molecule has 2 N–H and O–H groups in total. The second-order valence-corrected chi connectivity index (χ2v) is 4.95. The molecule has 6 heteroatoms. The molecule has 0 aliphatic heterocycles. The van der Waals surface area contributed by atoms with Crippen LogP contribution in [0.2, 0.25) is 0 Å². The van der Waals surface area contributed by atoms with Gasteiger partial charge >= 0.3 is 5.97 Å². The van der Waals surface area contributed by atoms with Gasteiger partial charge in [-0.3, -0.25) is 9.59 Å². The molecule has 0 spiro atoms. The number of benzene rings is 1. The van der Waals surface area contributed by atoms with Gasteiger partial charge in [0, 0.05) is 6.54 Å². The van der Waals surface area contributed by atoms with E-state index >= 15 is 0 Å². The summed E-state index contributed by atoms with van der Waals surface area (Å²) >= 11 is 0. The fraction of sp³-hybridized carbons (Fsp3) is 0.429. The lowest BCUT2D eigenvalue weighted by Gasteiger charge is -2.15. The summed E-state index contributed by atoms with van der Waals surface area (Å²) in [6.45, 7) is 0.0544. The number of carboxylic acids is 1. The summed E-state index contributed by atoms with van der Waals surface area (Å²) in [5, 5.41) is 11.6. The largest absolute Gasteiger partial charge is 0.481 e. The molecule has 4 nitrogen and oxygen atoms in total. The van der Waals surface area contributed by atoms with Crippen LogP contribution in [-0.2, 0) is 16.1 Å². The van der Waals surface area contributed by atoms with Crippen LogP contribution in [0.3, 0.4) is 0 Å². The van der Waals surface area contributed by atoms with Gasteiger partial charge in [-0.25, -0.2) is 8.78 Å². The van der Waals surface area contributed by atoms with Gasteiger partial charge in [-0.2, -0.15) is 0 Å². The lowest BCUT2D eigenvalue weighted by Crippen LogP contribution is -2.34. The third-order valence-electron chi connectivity index (χ3n) is 3.62. The normalized spacial score (nSPS) is 21.7. The van der Waals surface area contributed by atoms with Crippen LogP contribution in [-0.4, -0.2) is 17.0 Å². The fourth-order valence-electron chi connectivity index (χ4n) is 2.54. The number of amides is 1. The number of carbonyl (C=O) groups is 2. The third kappa shape index (κ3) is 3.12. The number of carbonyl (C=O) groups excluding carboxylic acids is 1. The van der Waals surface area contributed by atoms with E-state index in [0.717, 1.165) is 12.1 Å². The van der Waals surface area contributed by atoms with Crippen molar-refractivity contribution in [3.05, 3.63) is 35.4 Å². The summed E-state index contributed by atoms with van der Waals surface area (Å²) in [6.07, 6.45) is 1.75. The number of hydrogen-bond donors (Lipinski definition) is 2. The van der Waals surface area contributed by atoms with Crippen molar-refractivity contribution in [2.75, 3.05) is 0 Å². The molecule has 2 atom stereocenters. The van der Waals surface area contributed by atoms with Gasteiger partial charge in [-0.15, -0.1) is 0 Å². The van der Waals surface area contributed by atoms with E-state index in [4.69, 9.17) is 5.11 Å². The van der Waals surface area contributed by atoms with Crippen molar-refractivity contribution in [1.29, 1.82) is 0 Å². The Morgan fingerprint density at radius 3 is 2.55 bits per heavy atom. The highest BCUT2D eigenvalue weighted by molar-refractivity contribution is 5.85. The summed E-state index contributed by atoms with van der Waals surface area (Å²) < 4.78 is 25.8. The van der Waals surface area contributed by atoms with Crippen LogP contribution in [0, 0.1) is 23.5 Å². The lowest BCUT2D eigenvalue weighted by atomic mass is 9.95. The second-order valence-electron chi connectivity index (χ2n) is 4.95. The molecule has 108 valence electrons. The molecular weight excluding hydrogens is 268 g/mol. The van der Waals surface area contributed by atoms with E-state index in [-0.39, 0.29) is 12.5 Å². The highest BCUT2D eigenvalue weighted by atomic mass is 19.2. The van der Waals surface area contributed by atoms with Gasteiger partial charge in [-0.05, 0) is 30.5 Å². The molecule has 0 heterocycles. The van der Waals surface area contributed by atoms with Gasteiger partial charge in [0.25, 0.3) is 0 Å². The van der Waals surface area contributed by atoms with Crippen molar-refractivity contribution in [2.24, 2.45) is 11.8 Å². The zero-order valence-electron chi connectivity index (χ0n) is 10.7. The molecule has 20 heavy (non-hydrogen) atoms. The Balaban J connectivity index is 1.94. The summed E-state index contributed by atoms with van der Waals surface area (Å²) in [4.78, 5) is 22.9. The van der Waals surface area contributed by atoms with Gasteiger partial charge in [0.1, 0.15) is 0 Å². The number of hydrogen-bond acceptors (Lipinski definition) is 2. The van der Waals surface area contributed by atoms with Crippen molar-refractivity contribution >= 4 is 11.9 Å². The molecule has 0 saturated heterocycles. The monoisotopic (exact) mass is 283 g/mol. The molecule has 1 fully saturated rings. The van der Waals surface area contributed by atoms with E-state index in [9.17, 15) is 18.4 Å². The van der Waals surface area contributed by atoms with Gasteiger partial charge in [-0.1, -0.05) is 12.5 Å². The number of nitrogens with one attached hydrogen (secondary N) is 1. The van der Waals surface area contributed by atoms with E-state index in [1.807, 2.05) is 0 Å². The van der Waals surface area contributed by atoms with Crippen LogP contribution >= 0.6 is 0 Å². The summed E-state index contributed by atoms with van der Waals surface area (Å²) in [5.41, 5.74) is 0.433. The van der Waals surface area contributed by atoms with Crippen LogP contribution < -0.4 is 5.32 Å². The van der Waals surface area contributed by atoms with Crippen molar-refractivity contribution in [2.45, 2.75) is 25.8 Å². The molecule has 0 radical (unpaired) electrons. The van der Waals surface area contributed by atoms with E-state index in [1.165, 1.54) is 6.07 Å². The average Bonchev–Trinajstić information content (AvgIpc) is 2.89. The first kappa shape index (κ1) is 14.4. The molecule has 1 aliphatic rings. The van der Waals surface area contributed by atoms with Crippen molar-refractivity contribution in [3.8, 4) is 0 Å². The van der Waals surface area contributed by atoms with E-state index in [2.05, 4.69) is 5.32 Å². The average molecular weight is 283 g/mol. The predicted octanol–water partition coefficient (Wildman–Crippen LogP) is 2.08. The Labute approximate surface area is 114 Å². The smallest absolute Gasteiger partial charge is 0.307 e. The van der Waals surface area contributed by atoms with E-state index < -0.39 is 29.4 Å². The Bertz CT molecular complexity index is 533. The van der Waals surface area contributed by atoms with Crippen molar-refractivity contribution in [1.82, 2.24) is 5.32 Å². The van der Waals surface area contributed by atoms with Crippen molar-refractivity contribution < 1.29 is 23.5 Å². The number of carboxylic acid groups (broad SMARTS) is 1. The molecule has 0 unspecified atom stereocenters. The zero-order valence-corrected chi connectivity index (χ0v) is 10.7. The SMILES string of the molecule is O=C(O)[C@H]1CCC[C@H]1C(=O)NCc1ccc(F)c(F)c1. The van der Waals surface area contributed by atoms with E-state index in [0.29, 0.717) is 24.8 Å². The maximum atomic E-state index is 13.0. The quantitative estimate of drug-likeness (QED) is 0.889. The molecule has 1 saturated carbocycles. The Morgan fingerprint density at radius 2 is 1.90 bits per heavy atom. The molecule has 2 rings (SSSR count). The van der Waals surface area contributed by atoms with E-state index in [1.54, 1.807) is 0 Å². The lowest BCUT2D eigenvalue weighted by molar-refractivity contribution is -0.146. The standard InChI is InChI=1S/C14H15F2NO3/c15-11-5-4-8(6-12(11)16)7-17-13(18)9-2-1-3-10(9)14(19)20/h4-6,9-10H,1-3,7H2,(H,17,18)(H,19,20)/t9-,10+/m1/s1. The maximum Gasteiger partial charge on any atom is 0.307 e. The summed E-state index contributed by atoms with van der Waals surface area (Å²) in [5.74, 6) is -4.42.